The van der Waals surface area contributed by atoms with Crippen molar-refractivity contribution in [1.29, 1.82) is 0 Å². The number of para-hydroxylation sites is 1. The third kappa shape index (κ3) is 5.79. The Morgan fingerprint density at radius 1 is 1.04 bits per heavy atom. The van der Waals surface area contributed by atoms with E-state index in [0.29, 0.717) is 6.54 Å². The predicted octanol–water partition coefficient (Wildman–Crippen LogP) is 3.70. The third-order valence-electron chi connectivity index (χ3n) is 4.44. The first-order valence-electron chi connectivity index (χ1n) is 9.34. The largest absolute Gasteiger partial charge is 0.324 e. The Bertz CT molecular complexity index is 823. The smallest absolute Gasteiger partial charge is 0.241 e. The summed E-state index contributed by atoms with van der Waals surface area (Å²) >= 11 is 0. The highest BCUT2D eigenvalue weighted by atomic mass is 16.2. The summed E-state index contributed by atoms with van der Waals surface area (Å²) in [6, 6.07) is 13.6. The predicted molar refractivity (Wildman–Crippen MR) is 116 cm³/mol. The zero-order chi connectivity index (χ0) is 20.7. The van der Waals surface area contributed by atoms with Crippen LogP contribution in [0.3, 0.4) is 0 Å². The number of aryl methyl sites for hydroxylation is 3. The molecule has 0 saturated carbocycles. The SMILES string of the molecule is C=CCN(C(=O)CN(C)CC(=O)Nc1c(C)cc(C)cc1C)c1ccccc1. The van der Waals surface area contributed by atoms with E-state index in [4.69, 9.17) is 0 Å². The molecule has 0 aliphatic heterocycles. The van der Waals surface area contributed by atoms with Crippen LogP contribution in [0.2, 0.25) is 0 Å². The van der Waals surface area contributed by atoms with Gasteiger partial charge < -0.3 is 10.2 Å². The topological polar surface area (TPSA) is 52.7 Å². The first kappa shape index (κ1) is 21.4. The molecule has 0 atom stereocenters. The van der Waals surface area contributed by atoms with Gasteiger partial charge in [0.2, 0.25) is 11.8 Å². The molecule has 2 aromatic carbocycles. The fourth-order valence-corrected chi connectivity index (χ4v) is 3.26. The Morgan fingerprint density at radius 2 is 1.64 bits per heavy atom. The third-order valence-corrected chi connectivity index (χ3v) is 4.44. The monoisotopic (exact) mass is 379 g/mol. The summed E-state index contributed by atoms with van der Waals surface area (Å²) < 4.78 is 0. The van der Waals surface area contributed by atoms with Gasteiger partial charge in [-0.2, -0.15) is 0 Å². The second-order valence-electron chi connectivity index (χ2n) is 7.12. The number of anilines is 2. The van der Waals surface area contributed by atoms with Crippen molar-refractivity contribution in [2.24, 2.45) is 0 Å². The molecule has 2 rings (SSSR count). The van der Waals surface area contributed by atoms with E-state index in [1.165, 1.54) is 5.56 Å². The maximum atomic E-state index is 12.7. The Kier molecular flexibility index (Phi) is 7.52. The molecule has 0 aromatic heterocycles. The van der Waals surface area contributed by atoms with Gasteiger partial charge in [0.25, 0.3) is 0 Å². The molecule has 5 nitrogen and oxygen atoms in total. The van der Waals surface area contributed by atoms with Crippen molar-refractivity contribution in [2.75, 3.05) is 36.9 Å². The highest BCUT2D eigenvalue weighted by Crippen LogP contribution is 2.21. The van der Waals surface area contributed by atoms with Crippen LogP contribution in [-0.2, 0) is 9.59 Å². The van der Waals surface area contributed by atoms with Crippen molar-refractivity contribution in [3.8, 4) is 0 Å². The normalized spacial score (nSPS) is 10.6. The average Bonchev–Trinajstić information content (AvgIpc) is 2.63. The van der Waals surface area contributed by atoms with Gasteiger partial charge in [0.1, 0.15) is 0 Å². The maximum absolute atomic E-state index is 12.7. The molecule has 0 radical (unpaired) electrons. The number of carbonyl (C=O) groups is 2. The van der Waals surface area contributed by atoms with Crippen LogP contribution in [0.25, 0.3) is 0 Å². The zero-order valence-electron chi connectivity index (χ0n) is 17.2. The van der Waals surface area contributed by atoms with E-state index in [2.05, 4.69) is 11.9 Å². The van der Waals surface area contributed by atoms with Crippen LogP contribution in [0.15, 0.2) is 55.1 Å². The fourth-order valence-electron chi connectivity index (χ4n) is 3.26. The molecular weight excluding hydrogens is 350 g/mol. The summed E-state index contributed by atoms with van der Waals surface area (Å²) in [5.41, 5.74) is 4.89. The number of nitrogens with zero attached hydrogens (tertiary/aromatic N) is 2. The highest BCUT2D eigenvalue weighted by molar-refractivity contribution is 5.96. The lowest BCUT2D eigenvalue weighted by Crippen LogP contribution is -2.41. The van der Waals surface area contributed by atoms with Crippen molar-refractivity contribution in [2.45, 2.75) is 20.8 Å². The Balaban J connectivity index is 1.98. The second kappa shape index (κ2) is 9.85. The van der Waals surface area contributed by atoms with Gasteiger partial charge in [-0.05, 0) is 51.1 Å². The zero-order valence-corrected chi connectivity index (χ0v) is 17.2. The molecule has 0 spiro atoms. The van der Waals surface area contributed by atoms with Gasteiger partial charge in [0.15, 0.2) is 0 Å². The highest BCUT2D eigenvalue weighted by Gasteiger charge is 2.18. The molecule has 28 heavy (non-hydrogen) atoms. The van der Waals surface area contributed by atoms with Gasteiger partial charge in [-0.3, -0.25) is 14.5 Å². The average molecular weight is 380 g/mol. The molecule has 0 saturated heterocycles. The standard InChI is InChI=1S/C23H29N3O2/c1-6-12-26(20-10-8-7-9-11-20)22(28)16-25(5)15-21(27)24-23-18(3)13-17(2)14-19(23)4/h6-11,13-14H,1,12,15-16H2,2-5H3,(H,24,27). The second-order valence-corrected chi connectivity index (χ2v) is 7.12. The molecule has 1 N–H and O–H groups in total. The first-order chi connectivity index (χ1) is 13.3. The summed E-state index contributed by atoms with van der Waals surface area (Å²) in [4.78, 5) is 28.6. The molecule has 0 bridgehead atoms. The number of rotatable bonds is 8. The van der Waals surface area contributed by atoms with Crippen LogP contribution in [0.5, 0.6) is 0 Å². The van der Waals surface area contributed by atoms with E-state index in [1.54, 1.807) is 22.9 Å². The quantitative estimate of drug-likeness (QED) is 0.712. The van der Waals surface area contributed by atoms with Crippen molar-refractivity contribution < 1.29 is 9.59 Å². The number of hydrogen-bond acceptors (Lipinski definition) is 3. The van der Waals surface area contributed by atoms with Gasteiger partial charge in [-0.25, -0.2) is 0 Å². The Morgan fingerprint density at radius 3 is 2.21 bits per heavy atom. The van der Waals surface area contributed by atoms with Crippen molar-refractivity contribution in [3.63, 3.8) is 0 Å². The summed E-state index contributed by atoms with van der Waals surface area (Å²) in [7, 11) is 1.77. The van der Waals surface area contributed by atoms with Gasteiger partial charge in [0.05, 0.1) is 13.1 Å². The van der Waals surface area contributed by atoms with E-state index in [-0.39, 0.29) is 24.9 Å². The molecular formula is C23H29N3O2. The molecule has 2 amide bonds. The number of likely N-dealkylation sites (N-methyl/N-ethyl adjacent to an activating group) is 1. The number of nitrogens with one attached hydrogen (secondary N) is 1. The molecule has 148 valence electrons. The number of hydrogen-bond donors (Lipinski definition) is 1. The minimum Gasteiger partial charge on any atom is -0.324 e. The summed E-state index contributed by atoms with van der Waals surface area (Å²) in [6.07, 6.45) is 1.69. The number of amides is 2. The Labute approximate surface area is 167 Å². The fraction of sp³-hybridized carbons (Fsp3) is 0.304. The lowest BCUT2D eigenvalue weighted by molar-refractivity contribution is -0.120. The molecule has 0 aliphatic carbocycles. The van der Waals surface area contributed by atoms with Gasteiger partial charge in [-0.15, -0.1) is 6.58 Å². The first-order valence-corrected chi connectivity index (χ1v) is 9.34. The molecule has 5 heteroatoms. The van der Waals surface area contributed by atoms with E-state index in [9.17, 15) is 9.59 Å². The lowest BCUT2D eigenvalue weighted by Gasteiger charge is -2.24. The molecule has 2 aromatic rings. The van der Waals surface area contributed by atoms with Crippen LogP contribution in [0, 0.1) is 20.8 Å². The summed E-state index contributed by atoms with van der Waals surface area (Å²) in [5, 5.41) is 2.97. The van der Waals surface area contributed by atoms with Crippen LogP contribution in [-0.4, -0.2) is 43.4 Å². The van der Waals surface area contributed by atoms with E-state index < -0.39 is 0 Å². The minimum absolute atomic E-state index is 0.0795. The van der Waals surface area contributed by atoms with Crippen LogP contribution in [0.4, 0.5) is 11.4 Å². The molecule has 0 heterocycles. The van der Waals surface area contributed by atoms with Gasteiger partial charge >= 0.3 is 0 Å². The van der Waals surface area contributed by atoms with Gasteiger partial charge in [0, 0.05) is 17.9 Å². The number of carbonyl (C=O) groups excluding carboxylic acids is 2. The van der Waals surface area contributed by atoms with Crippen LogP contribution in [0.1, 0.15) is 16.7 Å². The molecule has 0 aliphatic rings. The molecule has 0 unspecified atom stereocenters. The summed E-state index contributed by atoms with van der Waals surface area (Å²) in [6.45, 7) is 10.4. The van der Waals surface area contributed by atoms with Gasteiger partial charge in [-0.1, -0.05) is 42.0 Å². The van der Waals surface area contributed by atoms with E-state index >= 15 is 0 Å². The summed E-state index contributed by atoms with van der Waals surface area (Å²) in [5.74, 6) is -0.218. The van der Waals surface area contributed by atoms with E-state index in [0.717, 1.165) is 22.5 Å². The van der Waals surface area contributed by atoms with Crippen molar-refractivity contribution in [1.82, 2.24) is 4.90 Å². The van der Waals surface area contributed by atoms with Crippen molar-refractivity contribution in [3.05, 3.63) is 71.8 Å². The number of benzene rings is 2. The van der Waals surface area contributed by atoms with E-state index in [1.807, 2.05) is 63.2 Å². The minimum atomic E-state index is -0.139. The lowest BCUT2D eigenvalue weighted by atomic mass is 10.1. The molecule has 0 fully saturated rings. The van der Waals surface area contributed by atoms with Crippen molar-refractivity contribution >= 4 is 23.2 Å². The van der Waals surface area contributed by atoms with Crippen LogP contribution < -0.4 is 10.2 Å². The maximum Gasteiger partial charge on any atom is 0.241 e. The van der Waals surface area contributed by atoms with Crippen LogP contribution >= 0.6 is 0 Å². The Hall–Kier alpha value is -2.92.